The fourth-order valence-corrected chi connectivity index (χ4v) is 1.64. The summed E-state index contributed by atoms with van der Waals surface area (Å²) in [4.78, 5) is 31.5. The maximum absolute atomic E-state index is 11.0. The van der Waals surface area contributed by atoms with Crippen LogP contribution in [0.4, 0.5) is 0 Å². The summed E-state index contributed by atoms with van der Waals surface area (Å²) in [6.07, 6.45) is -0.112. The van der Waals surface area contributed by atoms with E-state index in [0.29, 0.717) is 5.75 Å². The van der Waals surface area contributed by atoms with Gasteiger partial charge < -0.3 is 20.7 Å². The highest BCUT2D eigenvalue weighted by molar-refractivity contribution is 7.99. The van der Waals surface area contributed by atoms with E-state index in [2.05, 4.69) is 4.74 Å². The maximum Gasteiger partial charge on any atom is 0.321 e. The third-order valence-corrected chi connectivity index (χ3v) is 2.73. The molecule has 0 heterocycles. The van der Waals surface area contributed by atoms with E-state index in [1.807, 2.05) is 0 Å². The first kappa shape index (κ1) is 15.7. The van der Waals surface area contributed by atoms with E-state index < -0.39 is 23.9 Å². The number of thioether (sulfide) groups is 1. The summed E-state index contributed by atoms with van der Waals surface area (Å²) in [5.41, 5.74) is 5.25. The number of carbonyl (C=O) groups excluding carboxylic acids is 1. The molecule has 0 amide bonds. The quantitative estimate of drug-likeness (QED) is 0.377. The second-order valence-electron chi connectivity index (χ2n) is 3.13. The van der Waals surface area contributed by atoms with Crippen molar-refractivity contribution in [2.24, 2.45) is 5.73 Å². The van der Waals surface area contributed by atoms with E-state index in [1.165, 1.54) is 11.8 Å². The predicted octanol–water partition coefficient (Wildman–Crippen LogP) is -0.460. The summed E-state index contributed by atoms with van der Waals surface area (Å²) in [7, 11) is 0. The number of carboxylic acid groups (broad SMARTS) is 2. The van der Waals surface area contributed by atoms with Crippen molar-refractivity contribution in [1.29, 1.82) is 0 Å². The summed E-state index contributed by atoms with van der Waals surface area (Å²) in [5.74, 6) is -1.99. The van der Waals surface area contributed by atoms with Crippen LogP contribution in [-0.4, -0.2) is 52.3 Å². The summed E-state index contributed by atoms with van der Waals surface area (Å²) in [6, 6.07) is -0.942. The molecule has 0 aliphatic rings. The van der Waals surface area contributed by atoms with Crippen molar-refractivity contribution in [3.8, 4) is 0 Å². The van der Waals surface area contributed by atoms with Gasteiger partial charge in [0.2, 0.25) is 0 Å². The number of carboxylic acids is 2. The molecule has 0 aliphatic carbocycles. The van der Waals surface area contributed by atoms with Gasteiger partial charge in [-0.15, -0.1) is 0 Å². The zero-order chi connectivity index (χ0) is 13.3. The second-order valence-corrected chi connectivity index (χ2v) is 4.28. The van der Waals surface area contributed by atoms with Crippen molar-refractivity contribution < 1.29 is 29.3 Å². The van der Waals surface area contributed by atoms with E-state index in [0.717, 1.165) is 0 Å². The van der Waals surface area contributed by atoms with Gasteiger partial charge >= 0.3 is 17.9 Å². The Morgan fingerprint density at radius 3 is 2.41 bits per heavy atom. The Kier molecular flexibility index (Phi) is 8.16. The normalized spacial score (nSPS) is 11.8. The molecular weight excluding hydrogens is 250 g/mol. The van der Waals surface area contributed by atoms with Crippen LogP contribution in [0.15, 0.2) is 0 Å². The molecular formula is C9H15NO6S. The van der Waals surface area contributed by atoms with Crippen LogP contribution in [-0.2, 0) is 19.1 Å². The van der Waals surface area contributed by atoms with E-state index in [9.17, 15) is 14.4 Å². The molecule has 0 aromatic rings. The molecule has 8 heteroatoms. The zero-order valence-electron chi connectivity index (χ0n) is 9.13. The molecule has 0 aromatic heterocycles. The number of ether oxygens (including phenoxy) is 1. The molecule has 0 saturated heterocycles. The molecule has 4 N–H and O–H groups in total. The Morgan fingerprint density at radius 2 is 1.88 bits per heavy atom. The van der Waals surface area contributed by atoms with Crippen LogP contribution in [0.1, 0.15) is 12.8 Å². The van der Waals surface area contributed by atoms with Gasteiger partial charge in [-0.2, -0.15) is 11.8 Å². The minimum Gasteiger partial charge on any atom is -0.481 e. The van der Waals surface area contributed by atoms with Gasteiger partial charge in [0, 0.05) is 11.5 Å². The van der Waals surface area contributed by atoms with Crippen LogP contribution >= 0.6 is 11.8 Å². The Hall–Kier alpha value is -1.28. The highest BCUT2D eigenvalue weighted by atomic mass is 32.2. The average Bonchev–Trinajstić information content (AvgIpc) is 2.23. The first-order chi connectivity index (χ1) is 7.93. The SMILES string of the molecule is N[C@@H](CSCCC(=O)OCCC(=O)O)C(=O)O. The molecule has 0 fully saturated rings. The lowest BCUT2D eigenvalue weighted by atomic mass is 10.4. The lowest BCUT2D eigenvalue weighted by molar-refractivity contribution is -0.146. The zero-order valence-corrected chi connectivity index (χ0v) is 9.94. The van der Waals surface area contributed by atoms with E-state index in [1.54, 1.807) is 0 Å². The largest absolute Gasteiger partial charge is 0.481 e. The number of hydrogen-bond acceptors (Lipinski definition) is 6. The topological polar surface area (TPSA) is 127 Å². The van der Waals surface area contributed by atoms with Gasteiger partial charge in [0.05, 0.1) is 12.8 Å². The van der Waals surface area contributed by atoms with Crippen molar-refractivity contribution >= 4 is 29.7 Å². The van der Waals surface area contributed by atoms with Crippen LogP contribution in [0.3, 0.4) is 0 Å². The molecule has 0 unspecified atom stereocenters. The standard InChI is InChI=1S/C9H15NO6S/c10-6(9(14)15)5-17-4-2-8(13)16-3-1-7(11)12/h6H,1-5,10H2,(H,11,12)(H,14,15)/t6-/m0/s1. The third kappa shape index (κ3) is 9.64. The number of rotatable bonds is 9. The third-order valence-electron chi connectivity index (χ3n) is 1.64. The molecule has 0 aromatic carbocycles. The predicted molar refractivity (Wildman–Crippen MR) is 60.8 cm³/mol. The Morgan fingerprint density at radius 1 is 1.24 bits per heavy atom. The van der Waals surface area contributed by atoms with Gasteiger partial charge in [-0.1, -0.05) is 0 Å². The van der Waals surface area contributed by atoms with Gasteiger partial charge in [-0.05, 0) is 0 Å². The molecule has 0 aliphatic heterocycles. The van der Waals surface area contributed by atoms with Gasteiger partial charge in [0.1, 0.15) is 12.6 Å². The maximum atomic E-state index is 11.0. The highest BCUT2D eigenvalue weighted by Gasteiger charge is 2.11. The van der Waals surface area contributed by atoms with Crippen molar-refractivity contribution in [3.63, 3.8) is 0 Å². The highest BCUT2D eigenvalue weighted by Crippen LogP contribution is 2.05. The number of esters is 1. The first-order valence-electron chi connectivity index (χ1n) is 4.87. The molecule has 1 atom stereocenters. The fraction of sp³-hybridized carbons (Fsp3) is 0.667. The van der Waals surface area contributed by atoms with Crippen molar-refractivity contribution in [2.75, 3.05) is 18.1 Å². The van der Waals surface area contributed by atoms with Crippen molar-refractivity contribution in [2.45, 2.75) is 18.9 Å². The average molecular weight is 265 g/mol. The molecule has 17 heavy (non-hydrogen) atoms. The van der Waals surface area contributed by atoms with Crippen LogP contribution in [0.2, 0.25) is 0 Å². The van der Waals surface area contributed by atoms with Gasteiger partial charge in [0.25, 0.3) is 0 Å². The second kappa shape index (κ2) is 8.82. The first-order valence-corrected chi connectivity index (χ1v) is 6.02. The van der Waals surface area contributed by atoms with E-state index in [4.69, 9.17) is 15.9 Å². The number of nitrogens with two attached hydrogens (primary N) is 1. The van der Waals surface area contributed by atoms with Crippen LogP contribution in [0, 0.1) is 0 Å². The summed E-state index contributed by atoms with van der Waals surface area (Å²) < 4.78 is 4.63. The minimum atomic E-state index is -1.08. The van der Waals surface area contributed by atoms with Crippen LogP contribution in [0.5, 0.6) is 0 Å². The summed E-state index contributed by atoms with van der Waals surface area (Å²) in [6.45, 7) is -0.145. The minimum absolute atomic E-state index is 0.108. The molecule has 0 spiro atoms. The molecule has 0 bridgehead atoms. The smallest absolute Gasteiger partial charge is 0.321 e. The van der Waals surface area contributed by atoms with E-state index >= 15 is 0 Å². The van der Waals surface area contributed by atoms with E-state index in [-0.39, 0.29) is 25.2 Å². The Labute approximate surface area is 102 Å². The fourth-order valence-electron chi connectivity index (χ4n) is 0.761. The lowest BCUT2D eigenvalue weighted by Crippen LogP contribution is -2.32. The molecule has 0 saturated carbocycles. The van der Waals surface area contributed by atoms with Gasteiger partial charge in [0.15, 0.2) is 0 Å². The van der Waals surface area contributed by atoms with Gasteiger partial charge in [-0.25, -0.2) is 0 Å². The Bertz CT molecular complexity index is 283. The molecule has 0 radical (unpaired) electrons. The Balaban J connectivity index is 3.45. The number of carbonyl (C=O) groups is 3. The lowest BCUT2D eigenvalue weighted by Gasteiger charge is -2.05. The van der Waals surface area contributed by atoms with Crippen LogP contribution < -0.4 is 5.73 Å². The monoisotopic (exact) mass is 265 g/mol. The van der Waals surface area contributed by atoms with Crippen molar-refractivity contribution in [3.05, 3.63) is 0 Å². The summed E-state index contributed by atoms with van der Waals surface area (Å²) >= 11 is 1.23. The van der Waals surface area contributed by atoms with Crippen molar-refractivity contribution in [1.82, 2.24) is 0 Å². The number of aliphatic carboxylic acids is 2. The number of hydrogen-bond donors (Lipinski definition) is 3. The van der Waals surface area contributed by atoms with Crippen LogP contribution in [0.25, 0.3) is 0 Å². The molecule has 0 rings (SSSR count). The molecule has 7 nitrogen and oxygen atoms in total. The summed E-state index contributed by atoms with van der Waals surface area (Å²) in [5, 5.41) is 16.8. The molecule has 98 valence electrons. The van der Waals surface area contributed by atoms with Gasteiger partial charge in [-0.3, -0.25) is 14.4 Å².